The highest BCUT2D eigenvalue weighted by Crippen LogP contribution is 2.29. The van der Waals surface area contributed by atoms with Gasteiger partial charge in [-0.15, -0.1) is 0 Å². The maximum absolute atomic E-state index is 12.6. The molecule has 164 valence electrons. The number of alkyl halides is 3. The van der Waals surface area contributed by atoms with Gasteiger partial charge in [0.1, 0.15) is 0 Å². The first-order chi connectivity index (χ1) is 13.0. The Hall–Kier alpha value is -1.07. The number of sulfonamides is 1. The number of piperidine rings is 2. The highest BCUT2D eigenvalue weighted by Gasteiger charge is 2.50. The molecule has 0 spiro atoms. The Labute approximate surface area is 165 Å². The molecule has 2 atom stereocenters. The lowest BCUT2D eigenvalue weighted by atomic mass is 9.92. The number of nitrogens with one attached hydrogen (secondary N) is 2. The van der Waals surface area contributed by atoms with Crippen molar-refractivity contribution in [2.45, 2.75) is 44.7 Å². The molecule has 2 heterocycles. The summed E-state index contributed by atoms with van der Waals surface area (Å²) >= 11 is 0. The van der Waals surface area contributed by atoms with E-state index in [0.717, 1.165) is 26.2 Å². The van der Waals surface area contributed by atoms with Crippen molar-refractivity contribution in [1.29, 1.82) is 0 Å². The van der Waals surface area contributed by atoms with Crippen molar-refractivity contribution in [3.05, 3.63) is 0 Å². The van der Waals surface area contributed by atoms with Gasteiger partial charge in [-0.1, -0.05) is 13.8 Å². The Balaban J connectivity index is 1.74. The third-order valence-electron chi connectivity index (χ3n) is 5.32. The van der Waals surface area contributed by atoms with Crippen LogP contribution in [-0.4, -0.2) is 81.4 Å². The third-order valence-corrected chi connectivity index (χ3v) is 6.95. The summed E-state index contributed by atoms with van der Waals surface area (Å²) in [6.07, 6.45) is 1.87. The summed E-state index contributed by atoms with van der Waals surface area (Å²) in [5.74, 6) is 1.98. The third kappa shape index (κ3) is 6.21. The van der Waals surface area contributed by atoms with Gasteiger partial charge < -0.3 is 15.5 Å². The molecule has 0 aromatic rings. The number of hydrogen-bond donors (Lipinski definition) is 2. The number of likely N-dealkylation sites (tertiary alicyclic amines) is 1. The molecule has 0 bridgehead atoms. The van der Waals surface area contributed by atoms with Crippen molar-refractivity contribution in [2.75, 3.05) is 46.3 Å². The van der Waals surface area contributed by atoms with Gasteiger partial charge in [0.15, 0.2) is 5.96 Å². The summed E-state index contributed by atoms with van der Waals surface area (Å²) < 4.78 is 61.4. The fraction of sp³-hybridized carbons (Fsp3) is 0.941. The second-order valence-corrected chi connectivity index (χ2v) is 9.90. The first kappa shape index (κ1) is 23.2. The topological polar surface area (TPSA) is 77.0 Å². The summed E-state index contributed by atoms with van der Waals surface area (Å²) in [6.45, 7) is 8.02. The number of halogens is 3. The molecule has 2 unspecified atom stereocenters. The van der Waals surface area contributed by atoms with Crippen LogP contribution in [0.15, 0.2) is 4.99 Å². The van der Waals surface area contributed by atoms with Crippen molar-refractivity contribution in [3.63, 3.8) is 0 Å². The molecule has 2 fully saturated rings. The number of nitrogens with zero attached hydrogens (tertiary/aromatic N) is 3. The summed E-state index contributed by atoms with van der Waals surface area (Å²) in [5.41, 5.74) is -5.24. The molecule has 28 heavy (non-hydrogen) atoms. The largest absolute Gasteiger partial charge is 0.511 e. The van der Waals surface area contributed by atoms with E-state index in [1.165, 1.54) is 6.42 Å². The zero-order valence-electron chi connectivity index (χ0n) is 16.8. The maximum atomic E-state index is 12.6. The average molecular weight is 428 g/mol. The molecule has 0 amide bonds. The summed E-state index contributed by atoms with van der Waals surface area (Å²) in [4.78, 5) is 6.60. The van der Waals surface area contributed by atoms with Crippen LogP contribution in [0.1, 0.15) is 33.1 Å². The van der Waals surface area contributed by atoms with E-state index in [-0.39, 0.29) is 19.1 Å². The predicted octanol–water partition coefficient (Wildman–Crippen LogP) is 1.44. The van der Waals surface area contributed by atoms with Crippen molar-refractivity contribution < 1.29 is 21.6 Å². The minimum Gasteiger partial charge on any atom is -0.355 e. The van der Waals surface area contributed by atoms with Gasteiger partial charge in [0.2, 0.25) is 0 Å². The SMILES string of the molecule is CN=C(NCCN1CC(C)CC(C)C1)NC1CCN(S(=O)(=O)C(F)(F)F)CC1. The standard InChI is InChI=1S/C17H32F3N5O2S/c1-13-10-14(2)12-24(11-13)9-6-22-16(21-3)23-15-4-7-25(8-5-15)28(26,27)17(18,19)20/h13-15H,4-12H2,1-3H3,(H2,21,22,23). The average Bonchev–Trinajstić information content (AvgIpc) is 2.59. The maximum Gasteiger partial charge on any atom is 0.511 e. The first-order valence-corrected chi connectivity index (χ1v) is 11.2. The van der Waals surface area contributed by atoms with Crippen LogP contribution in [0.2, 0.25) is 0 Å². The van der Waals surface area contributed by atoms with E-state index in [4.69, 9.17) is 0 Å². The van der Waals surface area contributed by atoms with E-state index in [9.17, 15) is 21.6 Å². The van der Waals surface area contributed by atoms with Crippen molar-refractivity contribution in [3.8, 4) is 0 Å². The Bertz CT molecular complexity index is 623. The highest BCUT2D eigenvalue weighted by atomic mass is 32.2. The van der Waals surface area contributed by atoms with E-state index >= 15 is 0 Å². The molecule has 2 N–H and O–H groups in total. The Kier molecular flexibility index (Phi) is 7.97. The van der Waals surface area contributed by atoms with E-state index < -0.39 is 15.5 Å². The second-order valence-electron chi connectivity index (χ2n) is 7.97. The molecule has 0 aromatic heterocycles. The molecular weight excluding hydrogens is 395 g/mol. The van der Waals surface area contributed by atoms with Gasteiger partial charge in [0.25, 0.3) is 0 Å². The van der Waals surface area contributed by atoms with Crippen molar-refractivity contribution >= 4 is 16.0 Å². The molecular formula is C17H32F3N5O2S. The Morgan fingerprint density at radius 1 is 1.14 bits per heavy atom. The van der Waals surface area contributed by atoms with Gasteiger partial charge in [0, 0.05) is 52.4 Å². The fourth-order valence-corrected chi connectivity index (χ4v) is 5.07. The lowest BCUT2D eigenvalue weighted by molar-refractivity contribution is -0.0494. The fourth-order valence-electron chi connectivity index (χ4n) is 4.08. The van der Waals surface area contributed by atoms with Crippen LogP contribution in [0, 0.1) is 11.8 Å². The van der Waals surface area contributed by atoms with Gasteiger partial charge >= 0.3 is 15.5 Å². The highest BCUT2D eigenvalue weighted by molar-refractivity contribution is 7.90. The molecule has 2 rings (SSSR count). The van der Waals surface area contributed by atoms with E-state index in [2.05, 4.69) is 34.4 Å². The summed E-state index contributed by atoms with van der Waals surface area (Å²) in [6, 6.07) is -0.110. The predicted molar refractivity (Wildman–Crippen MR) is 103 cm³/mol. The summed E-state index contributed by atoms with van der Waals surface area (Å²) in [5, 5.41) is 6.43. The lowest BCUT2D eigenvalue weighted by Crippen LogP contribution is -2.52. The minimum absolute atomic E-state index is 0.110. The number of aliphatic imine (C=N–C) groups is 1. The van der Waals surface area contributed by atoms with Crippen molar-refractivity contribution in [1.82, 2.24) is 19.8 Å². The first-order valence-electron chi connectivity index (χ1n) is 9.79. The number of rotatable bonds is 5. The van der Waals surface area contributed by atoms with Crippen LogP contribution in [-0.2, 0) is 10.0 Å². The van der Waals surface area contributed by atoms with Crippen LogP contribution in [0.5, 0.6) is 0 Å². The van der Waals surface area contributed by atoms with Crippen LogP contribution >= 0.6 is 0 Å². The number of hydrogen-bond acceptors (Lipinski definition) is 4. The van der Waals surface area contributed by atoms with Gasteiger partial charge in [-0.2, -0.15) is 17.5 Å². The number of guanidine groups is 1. The normalized spacial score (nSPS) is 27.0. The molecule has 0 aliphatic carbocycles. The Morgan fingerprint density at radius 3 is 2.21 bits per heavy atom. The van der Waals surface area contributed by atoms with Crippen LogP contribution in [0.3, 0.4) is 0 Å². The molecule has 0 aromatic carbocycles. The van der Waals surface area contributed by atoms with Gasteiger partial charge in [0.05, 0.1) is 0 Å². The van der Waals surface area contributed by atoms with Crippen LogP contribution in [0.25, 0.3) is 0 Å². The van der Waals surface area contributed by atoms with Gasteiger partial charge in [-0.25, -0.2) is 8.42 Å². The molecule has 2 aliphatic rings. The van der Waals surface area contributed by atoms with E-state index in [0.29, 0.717) is 34.9 Å². The quantitative estimate of drug-likeness (QED) is 0.513. The monoisotopic (exact) mass is 427 g/mol. The van der Waals surface area contributed by atoms with Crippen LogP contribution in [0.4, 0.5) is 13.2 Å². The zero-order valence-corrected chi connectivity index (χ0v) is 17.6. The van der Waals surface area contributed by atoms with Crippen molar-refractivity contribution in [2.24, 2.45) is 16.8 Å². The van der Waals surface area contributed by atoms with E-state index in [1.54, 1.807) is 7.05 Å². The molecule has 0 radical (unpaired) electrons. The molecule has 7 nitrogen and oxygen atoms in total. The lowest BCUT2D eigenvalue weighted by Gasteiger charge is -2.35. The molecule has 2 aliphatic heterocycles. The van der Waals surface area contributed by atoms with Gasteiger partial charge in [-0.3, -0.25) is 4.99 Å². The van der Waals surface area contributed by atoms with E-state index in [1.807, 2.05) is 0 Å². The van der Waals surface area contributed by atoms with Gasteiger partial charge in [-0.05, 0) is 31.1 Å². The molecule has 2 saturated heterocycles. The summed E-state index contributed by atoms with van der Waals surface area (Å²) in [7, 11) is -3.60. The smallest absolute Gasteiger partial charge is 0.355 e. The molecule has 0 saturated carbocycles. The second kappa shape index (κ2) is 9.62. The molecule has 11 heteroatoms. The Morgan fingerprint density at radius 2 is 1.71 bits per heavy atom. The minimum atomic E-state index is -5.24. The zero-order chi connectivity index (χ0) is 20.9. The van der Waals surface area contributed by atoms with Crippen LogP contribution < -0.4 is 10.6 Å².